The van der Waals surface area contributed by atoms with Crippen LogP contribution in [-0.4, -0.2) is 30.9 Å². The van der Waals surface area contributed by atoms with E-state index in [9.17, 15) is 22.8 Å². The number of hydrogen-bond acceptors (Lipinski definition) is 5. The van der Waals surface area contributed by atoms with Crippen molar-refractivity contribution in [3.05, 3.63) is 105 Å². The first-order valence-corrected chi connectivity index (χ1v) is 10.2. The van der Waals surface area contributed by atoms with Gasteiger partial charge in [0, 0.05) is 11.8 Å². The third kappa shape index (κ3) is 4.58. The van der Waals surface area contributed by atoms with Crippen molar-refractivity contribution in [1.82, 2.24) is 30.3 Å². The van der Waals surface area contributed by atoms with Crippen LogP contribution in [0, 0.1) is 13.8 Å². The molecule has 0 saturated carbocycles. The fourth-order valence-corrected chi connectivity index (χ4v) is 3.48. The van der Waals surface area contributed by atoms with Crippen molar-refractivity contribution in [2.75, 3.05) is 0 Å². The quantitative estimate of drug-likeness (QED) is 0.466. The number of aromatic nitrogens is 5. The summed E-state index contributed by atoms with van der Waals surface area (Å²) >= 11 is 0. The minimum absolute atomic E-state index is 0.141. The molecule has 0 saturated heterocycles. The molecule has 2 heterocycles. The van der Waals surface area contributed by atoms with Crippen LogP contribution >= 0.6 is 0 Å². The van der Waals surface area contributed by atoms with Crippen LogP contribution in [-0.2, 0) is 6.18 Å². The lowest BCUT2D eigenvalue weighted by atomic mass is 10.1. The third-order valence-electron chi connectivity index (χ3n) is 5.04. The molecule has 1 amide bonds. The number of aryl methyl sites for hydroxylation is 2. The molecule has 2 aromatic carbocycles. The van der Waals surface area contributed by atoms with Crippen LogP contribution < -0.4 is 10.7 Å². The van der Waals surface area contributed by atoms with Crippen molar-refractivity contribution in [2.24, 2.45) is 0 Å². The van der Waals surface area contributed by atoms with E-state index in [1.54, 1.807) is 37.3 Å². The average Bonchev–Trinajstić information content (AvgIpc) is 3.23. The molecule has 11 heteroatoms. The molecule has 0 spiro atoms. The van der Waals surface area contributed by atoms with Gasteiger partial charge in [-0.3, -0.25) is 14.7 Å². The maximum Gasteiger partial charge on any atom is 0.418 e. The number of nitrogens with one attached hydrogen (secondary N) is 2. The van der Waals surface area contributed by atoms with E-state index in [1.807, 2.05) is 0 Å². The first-order valence-electron chi connectivity index (χ1n) is 10.2. The second-order valence-electron chi connectivity index (χ2n) is 7.52. The molecule has 0 bridgehead atoms. The van der Waals surface area contributed by atoms with Gasteiger partial charge in [0.25, 0.3) is 5.91 Å². The summed E-state index contributed by atoms with van der Waals surface area (Å²) in [6.45, 7) is 3.13. The van der Waals surface area contributed by atoms with E-state index in [1.165, 1.54) is 25.1 Å². The fourth-order valence-electron chi connectivity index (χ4n) is 3.48. The zero-order valence-electron chi connectivity index (χ0n) is 18.1. The Morgan fingerprint density at radius 3 is 2.38 bits per heavy atom. The van der Waals surface area contributed by atoms with E-state index < -0.39 is 34.8 Å². The number of para-hydroxylation sites is 1. The molecule has 0 aliphatic rings. The van der Waals surface area contributed by atoms with Gasteiger partial charge < -0.3 is 5.32 Å². The van der Waals surface area contributed by atoms with Gasteiger partial charge in [-0.15, -0.1) is 0 Å². The number of hydrogen-bond donors (Lipinski definition) is 2. The molecule has 0 aliphatic heterocycles. The fraction of sp³-hybridized carbons (Fsp3) is 0.174. The standard InChI is InChI=1S/C23H19F3N6O2/c1-13-12-18(33)20(31-32(13)17-11-7-6-10-16(17)23(24,25)26)22(34)28-19(15-8-4-3-5-9-15)21-27-14(2)29-30-21/h3-12,19H,1-2H3,(H,28,34)(H,27,29,30). The molecular formula is C23H19F3N6O2. The predicted octanol–water partition coefficient (Wildman–Crippen LogP) is 3.51. The number of alkyl halides is 3. The van der Waals surface area contributed by atoms with E-state index in [-0.39, 0.29) is 17.2 Å². The lowest BCUT2D eigenvalue weighted by Crippen LogP contribution is -2.35. The molecule has 174 valence electrons. The Morgan fingerprint density at radius 1 is 1.06 bits per heavy atom. The summed E-state index contributed by atoms with van der Waals surface area (Å²) in [6, 6.07) is 13.9. The Morgan fingerprint density at radius 2 is 1.74 bits per heavy atom. The van der Waals surface area contributed by atoms with E-state index >= 15 is 0 Å². The second kappa shape index (κ2) is 8.93. The van der Waals surface area contributed by atoms with Gasteiger partial charge in [-0.2, -0.15) is 23.4 Å². The van der Waals surface area contributed by atoms with Crippen molar-refractivity contribution in [2.45, 2.75) is 26.1 Å². The summed E-state index contributed by atoms with van der Waals surface area (Å²) < 4.78 is 41.6. The predicted molar refractivity (Wildman–Crippen MR) is 116 cm³/mol. The Bertz CT molecular complexity index is 1400. The number of amides is 1. The van der Waals surface area contributed by atoms with Crippen LogP contribution in [0.3, 0.4) is 0 Å². The highest BCUT2D eigenvalue weighted by Gasteiger charge is 2.34. The van der Waals surface area contributed by atoms with Crippen molar-refractivity contribution in [3.63, 3.8) is 0 Å². The van der Waals surface area contributed by atoms with Crippen LogP contribution in [0.15, 0.2) is 65.5 Å². The van der Waals surface area contributed by atoms with E-state index in [2.05, 4.69) is 25.6 Å². The Balaban J connectivity index is 1.77. The minimum atomic E-state index is -4.65. The molecule has 2 aromatic heterocycles. The normalized spacial score (nSPS) is 12.4. The van der Waals surface area contributed by atoms with Crippen molar-refractivity contribution in [1.29, 1.82) is 0 Å². The van der Waals surface area contributed by atoms with E-state index in [0.29, 0.717) is 11.4 Å². The number of rotatable bonds is 5. The van der Waals surface area contributed by atoms with Crippen LogP contribution in [0.4, 0.5) is 13.2 Å². The molecule has 1 atom stereocenters. The minimum Gasteiger partial charge on any atom is -0.336 e. The monoisotopic (exact) mass is 468 g/mol. The van der Waals surface area contributed by atoms with Crippen LogP contribution in [0.25, 0.3) is 5.69 Å². The number of carbonyl (C=O) groups is 1. The molecule has 4 aromatic rings. The Hall–Kier alpha value is -4.28. The van der Waals surface area contributed by atoms with Gasteiger partial charge in [-0.25, -0.2) is 9.67 Å². The molecule has 1 unspecified atom stereocenters. The van der Waals surface area contributed by atoms with Crippen LogP contribution in [0.1, 0.15) is 45.0 Å². The summed E-state index contributed by atoms with van der Waals surface area (Å²) in [5, 5.41) is 13.5. The molecule has 34 heavy (non-hydrogen) atoms. The topological polar surface area (TPSA) is 106 Å². The SMILES string of the molecule is Cc1nc(C(NC(=O)c2nn(-c3ccccc3C(F)(F)F)c(C)cc2=O)c2ccccc2)n[nH]1. The number of halogens is 3. The highest BCUT2D eigenvalue weighted by atomic mass is 19.4. The van der Waals surface area contributed by atoms with Crippen molar-refractivity contribution in [3.8, 4) is 5.69 Å². The lowest BCUT2D eigenvalue weighted by Gasteiger charge is -2.18. The lowest BCUT2D eigenvalue weighted by molar-refractivity contribution is -0.137. The summed E-state index contributed by atoms with van der Waals surface area (Å²) in [5.41, 5.74) is -1.75. The number of benzene rings is 2. The van der Waals surface area contributed by atoms with Gasteiger partial charge in [0.05, 0.1) is 11.3 Å². The maximum absolute atomic E-state index is 13.6. The van der Waals surface area contributed by atoms with Crippen molar-refractivity contribution >= 4 is 5.91 Å². The van der Waals surface area contributed by atoms with Gasteiger partial charge >= 0.3 is 6.18 Å². The van der Waals surface area contributed by atoms with E-state index in [4.69, 9.17) is 0 Å². The van der Waals surface area contributed by atoms with Gasteiger partial charge in [-0.1, -0.05) is 42.5 Å². The zero-order chi connectivity index (χ0) is 24.5. The van der Waals surface area contributed by atoms with Crippen LogP contribution in [0.2, 0.25) is 0 Å². The first-order chi connectivity index (χ1) is 16.1. The summed E-state index contributed by atoms with van der Waals surface area (Å²) in [6.07, 6.45) is -4.65. The molecular weight excluding hydrogens is 449 g/mol. The number of H-pyrrole nitrogens is 1. The Labute approximate surface area is 191 Å². The zero-order valence-corrected chi connectivity index (χ0v) is 18.1. The first kappa shape index (κ1) is 22.9. The smallest absolute Gasteiger partial charge is 0.336 e. The van der Waals surface area contributed by atoms with Crippen molar-refractivity contribution < 1.29 is 18.0 Å². The van der Waals surface area contributed by atoms with Gasteiger partial charge in [-0.05, 0) is 31.5 Å². The number of aromatic amines is 1. The molecule has 0 aliphatic carbocycles. The summed E-state index contributed by atoms with van der Waals surface area (Å²) in [5.74, 6) is -0.101. The van der Waals surface area contributed by atoms with Gasteiger partial charge in [0.1, 0.15) is 11.9 Å². The number of carbonyl (C=O) groups excluding carboxylic acids is 1. The average molecular weight is 468 g/mol. The van der Waals surface area contributed by atoms with E-state index in [0.717, 1.165) is 16.8 Å². The third-order valence-corrected chi connectivity index (χ3v) is 5.04. The Kier molecular flexibility index (Phi) is 6.01. The summed E-state index contributed by atoms with van der Waals surface area (Å²) in [4.78, 5) is 30.0. The summed E-state index contributed by atoms with van der Waals surface area (Å²) in [7, 11) is 0. The molecule has 0 fully saturated rings. The molecule has 2 N–H and O–H groups in total. The second-order valence-corrected chi connectivity index (χ2v) is 7.52. The molecule has 4 rings (SSSR count). The highest BCUT2D eigenvalue weighted by Crippen LogP contribution is 2.33. The number of nitrogens with zero attached hydrogens (tertiary/aromatic N) is 4. The molecule has 8 nitrogen and oxygen atoms in total. The highest BCUT2D eigenvalue weighted by molar-refractivity contribution is 5.92. The van der Waals surface area contributed by atoms with Gasteiger partial charge in [0.2, 0.25) is 5.43 Å². The largest absolute Gasteiger partial charge is 0.418 e. The molecule has 0 radical (unpaired) electrons. The maximum atomic E-state index is 13.6. The van der Waals surface area contributed by atoms with Gasteiger partial charge in [0.15, 0.2) is 11.5 Å². The van der Waals surface area contributed by atoms with Crippen LogP contribution in [0.5, 0.6) is 0 Å².